The van der Waals surface area contributed by atoms with Crippen LogP contribution in [0.5, 0.6) is 0 Å². The van der Waals surface area contributed by atoms with E-state index in [9.17, 15) is 18.0 Å². The van der Waals surface area contributed by atoms with E-state index in [0.29, 0.717) is 17.8 Å². The molecule has 148 valence electrons. The minimum atomic E-state index is -4.39. The van der Waals surface area contributed by atoms with Crippen molar-refractivity contribution in [2.24, 2.45) is 0 Å². The van der Waals surface area contributed by atoms with E-state index in [1.807, 2.05) is 0 Å². The highest BCUT2D eigenvalue weighted by Crippen LogP contribution is 2.37. The molecule has 1 aromatic heterocycles. The summed E-state index contributed by atoms with van der Waals surface area (Å²) in [6.45, 7) is 5.04. The number of aromatic nitrogens is 2. The lowest BCUT2D eigenvalue weighted by Crippen LogP contribution is -2.33. The van der Waals surface area contributed by atoms with Crippen molar-refractivity contribution in [2.75, 3.05) is 11.9 Å². The van der Waals surface area contributed by atoms with E-state index in [1.165, 1.54) is 22.9 Å². The Hall–Kier alpha value is -1.93. The van der Waals surface area contributed by atoms with Crippen molar-refractivity contribution in [3.05, 3.63) is 33.9 Å². The van der Waals surface area contributed by atoms with Crippen LogP contribution in [0.25, 0.3) is 11.3 Å². The molecule has 0 aliphatic heterocycles. The van der Waals surface area contributed by atoms with E-state index in [-0.39, 0.29) is 28.0 Å². The third-order valence-corrected chi connectivity index (χ3v) is 4.43. The molecule has 1 unspecified atom stereocenters. The molecule has 10 heteroatoms. The number of esters is 1. The van der Waals surface area contributed by atoms with Crippen LogP contribution in [0.15, 0.2) is 18.2 Å². The first-order valence-electron chi connectivity index (χ1n) is 8.16. The van der Waals surface area contributed by atoms with E-state index < -0.39 is 18.2 Å². The van der Waals surface area contributed by atoms with Crippen LogP contribution in [0.1, 0.15) is 31.3 Å². The van der Waals surface area contributed by atoms with Crippen molar-refractivity contribution in [3.63, 3.8) is 0 Å². The van der Waals surface area contributed by atoms with Gasteiger partial charge in [0.2, 0.25) is 0 Å². The van der Waals surface area contributed by atoms with Crippen molar-refractivity contribution in [1.29, 1.82) is 0 Å². The largest absolute Gasteiger partial charge is 0.461 e. The molecule has 1 N–H and O–H groups in total. The topological polar surface area (TPSA) is 56.1 Å². The molecule has 5 nitrogen and oxygen atoms in total. The molecule has 0 saturated carbocycles. The molecule has 1 aromatic carbocycles. The molecule has 1 atom stereocenters. The number of anilines is 1. The molecule has 0 radical (unpaired) electrons. The number of nitrogens with one attached hydrogen (secondary N) is 1. The number of benzene rings is 1. The van der Waals surface area contributed by atoms with Crippen LogP contribution in [0.4, 0.5) is 18.9 Å². The van der Waals surface area contributed by atoms with E-state index in [4.69, 9.17) is 27.9 Å². The molecule has 0 saturated heterocycles. The minimum absolute atomic E-state index is 0.0423. The summed E-state index contributed by atoms with van der Waals surface area (Å²) in [6.07, 6.45) is -4.39. The first-order valence-corrected chi connectivity index (χ1v) is 8.92. The van der Waals surface area contributed by atoms with Gasteiger partial charge in [0.25, 0.3) is 0 Å². The first-order chi connectivity index (χ1) is 12.6. The number of halogens is 5. The summed E-state index contributed by atoms with van der Waals surface area (Å²) in [7, 11) is 0. The lowest BCUT2D eigenvalue weighted by molar-refractivity contribution is -0.138. The molecule has 0 fully saturated rings. The van der Waals surface area contributed by atoms with Crippen molar-refractivity contribution >= 4 is 34.9 Å². The van der Waals surface area contributed by atoms with Gasteiger partial charge in [-0.3, -0.25) is 4.68 Å². The summed E-state index contributed by atoms with van der Waals surface area (Å²) in [6, 6.07) is 2.61. The Morgan fingerprint density at radius 2 is 2.00 bits per heavy atom. The zero-order chi connectivity index (χ0) is 20.4. The second kappa shape index (κ2) is 8.39. The third-order valence-electron chi connectivity index (χ3n) is 3.76. The summed E-state index contributed by atoms with van der Waals surface area (Å²) in [5.41, 5.74) is 0.997. The van der Waals surface area contributed by atoms with Gasteiger partial charge in [-0.15, -0.1) is 0 Å². The fourth-order valence-corrected chi connectivity index (χ4v) is 2.97. The van der Waals surface area contributed by atoms with Gasteiger partial charge in [0, 0.05) is 17.8 Å². The highest BCUT2D eigenvalue weighted by Gasteiger charge is 2.36. The smallest absolute Gasteiger partial charge is 0.408 e. The summed E-state index contributed by atoms with van der Waals surface area (Å²) in [4.78, 5) is 12.0. The van der Waals surface area contributed by atoms with Gasteiger partial charge in [-0.2, -0.15) is 18.3 Å². The SMILES string of the molecule is CCOC(=O)c1nn(CC)c(-c2ccc(NC(C)C(F)(F)F)cc2Cl)c1Cl. The molecular formula is C17H18Cl2F3N3O2. The Balaban J connectivity index is 2.43. The molecule has 0 amide bonds. The number of rotatable bonds is 6. The molecule has 0 aliphatic rings. The van der Waals surface area contributed by atoms with Crippen LogP contribution < -0.4 is 5.32 Å². The van der Waals surface area contributed by atoms with Gasteiger partial charge in [0.15, 0.2) is 5.69 Å². The minimum Gasteiger partial charge on any atom is -0.461 e. The van der Waals surface area contributed by atoms with E-state index in [2.05, 4.69) is 10.4 Å². The second-order valence-electron chi connectivity index (χ2n) is 5.65. The Morgan fingerprint density at radius 3 is 2.52 bits per heavy atom. The highest BCUT2D eigenvalue weighted by molar-refractivity contribution is 6.38. The maximum Gasteiger partial charge on any atom is 0.408 e. The van der Waals surface area contributed by atoms with Crippen LogP contribution in [-0.4, -0.2) is 34.6 Å². The zero-order valence-electron chi connectivity index (χ0n) is 14.8. The Labute approximate surface area is 164 Å². The fourth-order valence-electron chi connectivity index (χ4n) is 2.38. The molecule has 0 aliphatic carbocycles. The predicted octanol–water partition coefficient (Wildman–Crippen LogP) is 5.42. The van der Waals surface area contributed by atoms with Crippen molar-refractivity contribution in [3.8, 4) is 11.3 Å². The van der Waals surface area contributed by atoms with E-state index in [0.717, 1.165) is 6.92 Å². The standard InChI is InChI=1S/C17H18Cl2F3N3O2/c1-4-25-15(13(19)14(24-25)16(26)27-5-2)11-7-6-10(8-12(11)18)23-9(3)17(20,21)22/h6-9,23H,4-5H2,1-3H3. The summed E-state index contributed by atoms with van der Waals surface area (Å²) in [5, 5.41) is 6.74. The van der Waals surface area contributed by atoms with Crippen molar-refractivity contribution in [2.45, 2.75) is 39.5 Å². The lowest BCUT2D eigenvalue weighted by atomic mass is 10.1. The zero-order valence-corrected chi connectivity index (χ0v) is 16.3. The average Bonchev–Trinajstić information content (AvgIpc) is 2.91. The van der Waals surface area contributed by atoms with Gasteiger partial charge >= 0.3 is 12.1 Å². The van der Waals surface area contributed by atoms with Crippen LogP contribution in [-0.2, 0) is 11.3 Å². The van der Waals surface area contributed by atoms with Crippen molar-refractivity contribution in [1.82, 2.24) is 9.78 Å². The molecule has 27 heavy (non-hydrogen) atoms. The normalized spacial score (nSPS) is 12.7. The maximum absolute atomic E-state index is 12.7. The molecule has 2 rings (SSSR count). The number of ether oxygens (including phenoxy) is 1. The number of carbonyl (C=O) groups is 1. The van der Waals surface area contributed by atoms with Crippen LogP contribution in [0.2, 0.25) is 10.0 Å². The van der Waals surface area contributed by atoms with Gasteiger partial charge < -0.3 is 10.1 Å². The molecule has 2 aromatic rings. The van der Waals surface area contributed by atoms with Gasteiger partial charge in [-0.25, -0.2) is 4.79 Å². The number of aryl methyl sites for hydroxylation is 1. The maximum atomic E-state index is 12.7. The van der Waals surface area contributed by atoms with Crippen molar-refractivity contribution < 1.29 is 22.7 Å². The summed E-state index contributed by atoms with van der Waals surface area (Å²) >= 11 is 12.6. The third kappa shape index (κ3) is 4.68. The van der Waals surface area contributed by atoms with Gasteiger partial charge in [-0.05, 0) is 39.0 Å². The lowest BCUT2D eigenvalue weighted by Gasteiger charge is -2.19. The Kier molecular flexibility index (Phi) is 6.64. The number of carbonyl (C=O) groups excluding carboxylic acids is 1. The number of alkyl halides is 3. The summed E-state index contributed by atoms with van der Waals surface area (Å²) in [5.74, 6) is -0.663. The number of nitrogens with zero attached hydrogens (tertiary/aromatic N) is 2. The quantitative estimate of drug-likeness (QED) is 0.630. The molecule has 1 heterocycles. The molecular weight excluding hydrogens is 406 g/mol. The number of hydrogen-bond donors (Lipinski definition) is 1. The van der Waals surface area contributed by atoms with Gasteiger partial charge in [0.1, 0.15) is 11.1 Å². The molecule has 0 spiro atoms. The van der Waals surface area contributed by atoms with Crippen LogP contribution in [0.3, 0.4) is 0 Å². The van der Waals surface area contributed by atoms with Crippen LogP contribution >= 0.6 is 23.2 Å². The van der Waals surface area contributed by atoms with E-state index >= 15 is 0 Å². The Morgan fingerprint density at radius 1 is 1.33 bits per heavy atom. The monoisotopic (exact) mass is 423 g/mol. The number of hydrogen-bond acceptors (Lipinski definition) is 4. The first kappa shape index (κ1) is 21.4. The predicted molar refractivity (Wildman–Crippen MR) is 98.5 cm³/mol. The second-order valence-corrected chi connectivity index (χ2v) is 6.43. The summed E-state index contributed by atoms with van der Waals surface area (Å²) < 4.78 is 44.5. The average molecular weight is 424 g/mol. The van der Waals surface area contributed by atoms with E-state index in [1.54, 1.807) is 13.8 Å². The Bertz CT molecular complexity index is 838. The van der Waals surface area contributed by atoms with Gasteiger partial charge in [0.05, 0.1) is 17.3 Å². The molecule has 0 bridgehead atoms. The van der Waals surface area contributed by atoms with Crippen LogP contribution in [0, 0.1) is 0 Å². The fraction of sp³-hybridized carbons (Fsp3) is 0.412. The van der Waals surface area contributed by atoms with Gasteiger partial charge in [-0.1, -0.05) is 23.2 Å². The highest BCUT2D eigenvalue weighted by atomic mass is 35.5.